The maximum Gasteiger partial charge on any atom is 0.257 e. The fourth-order valence-electron chi connectivity index (χ4n) is 2.00. The number of halogens is 2. The summed E-state index contributed by atoms with van der Waals surface area (Å²) in [6, 6.07) is 5.97. The summed E-state index contributed by atoms with van der Waals surface area (Å²) in [4.78, 5) is 11.9. The van der Waals surface area contributed by atoms with E-state index in [0.717, 1.165) is 12.1 Å². The normalized spacial score (nSPS) is 13.7. The van der Waals surface area contributed by atoms with E-state index in [9.17, 15) is 18.7 Å². The zero-order valence-electron chi connectivity index (χ0n) is 11.3. The molecule has 112 valence electrons. The summed E-state index contributed by atoms with van der Waals surface area (Å²) < 4.78 is 32.0. The second-order valence-electron chi connectivity index (χ2n) is 4.74. The van der Waals surface area contributed by atoms with Crippen LogP contribution in [0.1, 0.15) is 35.6 Å². The van der Waals surface area contributed by atoms with Gasteiger partial charge < -0.3 is 14.8 Å². The van der Waals surface area contributed by atoms with Gasteiger partial charge in [-0.15, -0.1) is 0 Å². The van der Waals surface area contributed by atoms with Crippen LogP contribution >= 0.6 is 0 Å². The van der Waals surface area contributed by atoms with Crippen molar-refractivity contribution < 1.29 is 23.1 Å². The average Bonchev–Trinajstić information content (AvgIpc) is 2.91. The van der Waals surface area contributed by atoms with E-state index in [1.165, 1.54) is 12.3 Å². The molecule has 0 saturated heterocycles. The van der Waals surface area contributed by atoms with Crippen LogP contribution in [0, 0.1) is 11.6 Å². The van der Waals surface area contributed by atoms with Gasteiger partial charge in [-0.05, 0) is 31.2 Å². The van der Waals surface area contributed by atoms with Gasteiger partial charge in [-0.1, -0.05) is 6.07 Å². The van der Waals surface area contributed by atoms with Crippen molar-refractivity contribution in [2.45, 2.75) is 25.5 Å². The van der Waals surface area contributed by atoms with Gasteiger partial charge in [0.15, 0.2) is 0 Å². The van der Waals surface area contributed by atoms with Crippen LogP contribution in [0.4, 0.5) is 8.78 Å². The first-order chi connectivity index (χ1) is 9.99. The van der Waals surface area contributed by atoms with Gasteiger partial charge in [0.25, 0.3) is 5.91 Å². The topological polar surface area (TPSA) is 62.5 Å². The summed E-state index contributed by atoms with van der Waals surface area (Å²) in [6.07, 6.45) is 0.687. The zero-order chi connectivity index (χ0) is 15.4. The quantitative estimate of drug-likeness (QED) is 0.891. The lowest BCUT2D eigenvalue weighted by Crippen LogP contribution is -2.34. The molecule has 0 saturated carbocycles. The summed E-state index contributed by atoms with van der Waals surface area (Å²) in [5.74, 6) is -2.34. The van der Waals surface area contributed by atoms with Gasteiger partial charge >= 0.3 is 0 Å². The Labute approximate surface area is 120 Å². The molecule has 6 heteroatoms. The third-order valence-corrected chi connectivity index (χ3v) is 3.02. The Bertz CT molecular complexity index is 593. The summed E-state index contributed by atoms with van der Waals surface area (Å²) in [6.45, 7) is 1.63. The minimum Gasteiger partial charge on any atom is -0.467 e. The van der Waals surface area contributed by atoms with Gasteiger partial charge in [-0.2, -0.15) is 0 Å². The molecule has 0 aliphatic rings. The van der Waals surface area contributed by atoms with Gasteiger partial charge in [0.2, 0.25) is 0 Å². The van der Waals surface area contributed by atoms with Crippen LogP contribution in [0.3, 0.4) is 0 Å². The summed E-state index contributed by atoms with van der Waals surface area (Å²) >= 11 is 0. The van der Waals surface area contributed by atoms with Crippen molar-refractivity contribution >= 4 is 5.91 Å². The molecular formula is C15H15F2NO3. The van der Waals surface area contributed by atoms with E-state index in [1.807, 2.05) is 0 Å². The molecule has 1 aromatic heterocycles. The highest BCUT2D eigenvalue weighted by Gasteiger charge is 2.21. The number of benzene rings is 1. The predicted molar refractivity (Wildman–Crippen MR) is 71.6 cm³/mol. The number of furan rings is 1. The minimum atomic E-state index is -0.925. The number of aliphatic hydroxyl groups excluding tert-OH is 1. The van der Waals surface area contributed by atoms with Crippen molar-refractivity contribution in [2.75, 3.05) is 0 Å². The number of nitrogens with one attached hydrogen (secondary N) is 1. The highest BCUT2D eigenvalue weighted by molar-refractivity contribution is 5.94. The molecule has 2 aromatic rings. The minimum absolute atomic E-state index is 0.162. The standard InChI is InChI=1S/C15H15F2NO3/c1-9(8-12(19)13-6-3-7-21-13)18-15(20)14-10(16)4-2-5-11(14)17/h2-7,9,12,19H,8H2,1H3,(H,18,20). The van der Waals surface area contributed by atoms with Crippen LogP contribution in [-0.2, 0) is 0 Å². The second kappa shape index (κ2) is 6.49. The molecule has 1 aromatic carbocycles. The smallest absolute Gasteiger partial charge is 0.257 e. The number of rotatable bonds is 5. The van der Waals surface area contributed by atoms with Gasteiger partial charge in [-0.3, -0.25) is 4.79 Å². The van der Waals surface area contributed by atoms with E-state index < -0.39 is 35.3 Å². The molecule has 21 heavy (non-hydrogen) atoms. The predicted octanol–water partition coefficient (Wildman–Crippen LogP) is 2.80. The fourth-order valence-corrected chi connectivity index (χ4v) is 2.00. The van der Waals surface area contributed by atoms with Crippen molar-refractivity contribution in [2.24, 2.45) is 0 Å². The summed E-state index contributed by atoms with van der Waals surface area (Å²) in [7, 11) is 0. The molecule has 4 nitrogen and oxygen atoms in total. The first-order valence-corrected chi connectivity index (χ1v) is 6.45. The third kappa shape index (κ3) is 3.66. The lowest BCUT2D eigenvalue weighted by Gasteiger charge is -2.17. The van der Waals surface area contributed by atoms with Crippen LogP contribution in [0.15, 0.2) is 41.0 Å². The number of aliphatic hydroxyl groups is 1. The molecule has 2 atom stereocenters. The lowest BCUT2D eigenvalue weighted by molar-refractivity contribution is 0.0895. The second-order valence-corrected chi connectivity index (χ2v) is 4.74. The Morgan fingerprint density at radius 2 is 1.95 bits per heavy atom. The maximum atomic E-state index is 13.5. The molecule has 2 rings (SSSR count). The zero-order valence-corrected chi connectivity index (χ0v) is 11.3. The summed E-state index contributed by atoms with van der Waals surface area (Å²) in [5, 5.41) is 12.3. The number of carbonyl (C=O) groups is 1. The van der Waals surface area contributed by atoms with E-state index >= 15 is 0 Å². The molecule has 0 aliphatic carbocycles. The lowest BCUT2D eigenvalue weighted by atomic mass is 10.1. The van der Waals surface area contributed by atoms with Crippen molar-refractivity contribution in [1.29, 1.82) is 0 Å². The van der Waals surface area contributed by atoms with Crippen LogP contribution < -0.4 is 5.32 Å². The molecule has 2 unspecified atom stereocenters. The van der Waals surface area contributed by atoms with Crippen molar-refractivity contribution in [3.8, 4) is 0 Å². The summed E-state index contributed by atoms with van der Waals surface area (Å²) in [5.41, 5.74) is -0.628. The van der Waals surface area contributed by atoms with E-state index in [4.69, 9.17) is 4.42 Å². The fraction of sp³-hybridized carbons (Fsp3) is 0.267. The number of carbonyl (C=O) groups excluding carboxylic acids is 1. The Kier molecular flexibility index (Phi) is 4.70. The van der Waals surface area contributed by atoms with Gasteiger partial charge in [0.1, 0.15) is 29.1 Å². The molecule has 0 fully saturated rings. The Morgan fingerprint density at radius 3 is 2.52 bits per heavy atom. The first kappa shape index (κ1) is 15.2. The number of amides is 1. The number of hydrogen-bond donors (Lipinski definition) is 2. The average molecular weight is 295 g/mol. The Hall–Kier alpha value is -2.21. The Morgan fingerprint density at radius 1 is 1.29 bits per heavy atom. The first-order valence-electron chi connectivity index (χ1n) is 6.45. The van der Waals surface area contributed by atoms with Crippen LogP contribution in [-0.4, -0.2) is 17.1 Å². The van der Waals surface area contributed by atoms with E-state index in [-0.39, 0.29) is 6.42 Å². The third-order valence-electron chi connectivity index (χ3n) is 3.02. The molecule has 2 N–H and O–H groups in total. The molecule has 0 aliphatic heterocycles. The van der Waals surface area contributed by atoms with E-state index in [0.29, 0.717) is 5.76 Å². The van der Waals surface area contributed by atoms with E-state index in [2.05, 4.69) is 5.32 Å². The van der Waals surface area contributed by atoms with Gasteiger partial charge in [0, 0.05) is 12.5 Å². The highest BCUT2D eigenvalue weighted by Crippen LogP contribution is 2.19. The number of hydrogen-bond acceptors (Lipinski definition) is 3. The van der Waals surface area contributed by atoms with Gasteiger partial charge in [0.05, 0.1) is 6.26 Å². The van der Waals surface area contributed by atoms with Crippen LogP contribution in [0.2, 0.25) is 0 Å². The molecular weight excluding hydrogens is 280 g/mol. The van der Waals surface area contributed by atoms with Crippen molar-refractivity contribution in [1.82, 2.24) is 5.32 Å². The van der Waals surface area contributed by atoms with Crippen molar-refractivity contribution in [3.63, 3.8) is 0 Å². The molecule has 0 bridgehead atoms. The van der Waals surface area contributed by atoms with Gasteiger partial charge in [-0.25, -0.2) is 8.78 Å². The van der Waals surface area contributed by atoms with Crippen LogP contribution in [0.5, 0.6) is 0 Å². The highest BCUT2D eigenvalue weighted by atomic mass is 19.1. The molecule has 1 heterocycles. The SMILES string of the molecule is CC(CC(O)c1ccco1)NC(=O)c1c(F)cccc1F. The monoisotopic (exact) mass is 295 g/mol. The van der Waals surface area contributed by atoms with Crippen molar-refractivity contribution in [3.05, 3.63) is 59.6 Å². The van der Waals surface area contributed by atoms with Crippen LogP contribution in [0.25, 0.3) is 0 Å². The molecule has 1 amide bonds. The Balaban J connectivity index is 1.99. The molecule has 0 spiro atoms. The molecule has 0 radical (unpaired) electrons. The van der Waals surface area contributed by atoms with E-state index in [1.54, 1.807) is 19.1 Å². The largest absolute Gasteiger partial charge is 0.467 e. The maximum absolute atomic E-state index is 13.5.